The maximum absolute atomic E-state index is 11.4. The molecule has 1 fully saturated rings. The summed E-state index contributed by atoms with van der Waals surface area (Å²) >= 11 is 0. The Morgan fingerprint density at radius 3 is 2.82 bits per heavy atom. The van der Waals surface area contributed by atoms with Crippen molar-refractivity contribution in [1.82, 2.24) is 15.3 Å². The number of rotatable bonds is 3. The molecule has 0 aromatic carbocycles. The van der Waals surface area contributed by atoms with Gasteiger partial charge in [0.25, 0.3) is 5.91 Å². The smallest absolute Gasteiger partial charge is 0.269 e. The normalized spacial score (nSPS) is 16.5. The van der Waals surface area contributed by atoms with E-state index in [1.807, 2.05) is 0 Å². The van der Waals surface area contributed by atoms with E-state index in [9.17, 15) is 4.79 Å². The van der Waals surface area contributed by atoms with Crippen molar-refractivity contribution in [2.24, 2.45) is 0 Å². The molecule has 1 aliphatic rings. The van der Waals surface area contributed by atoms with Crippen molar-refractivity contribution in [3.05, 3.63) is 18.0 Å². The second-order valence-corrected chi connectivity index (χ2v) is 4.32. The van der Waals surface area contributed by atoms with Crippen molar-refractivity contribution in [2.75, 3.05) is 12.4 Å². The van der Waals surface area contributed by atoms with Crippen LogP contribution in [0, 0.1) is 0 Å². The molecule has 1 saturated carbocycles. The van der Waals surface area contributed by atoms with Gasteiger partial charge in [0.15, 0.2) is 0 Å². The first-order valence-electron chi connectivity index (χ1n) is 6.11. The molecule has 92 valence electrons. The highest BCUT2D eigenvalue weighted by Gasteiger charge is 2.14. The molecule has 0 spiro atoms. The van der Waals surface area contributed by atoms with Gasteiger partial charge in [-0.3, -0.25) is 4.79 Å². The summed E-state index contributed by atoms with van der Waals surface area (Å²) in [5.41, 5.74) is 0.404. The Kier molecular flexibility index (Phi) is 3.90. The van der Waals surface area contributed by atoms with Crippen molar-refractivity contribution < 1.29 is 4.79 Å². The molecule has 0 aliphatic heterocycles. The molecule has 0 atom stereocenters. The van der Waals surface area contributed by atoms with Crippen LogP contribution < -0.4 is 10.6 Å². The summed E-state index contributed by atoms with van der Waals surface area (Å²) in [5, 5.41) is 5.85. The summed E-state index contributed by atoms with van der Waals surface area (Å²) in [4.78, 5) is 19.8. The van der Waals surface area contributed by atoms with Crippen LogP contribution in [-0.2, 0) is 0 Å². The number of nitrogens with zero attached hydrogens (tertiary/aromatic N) is 2. The fourth-order valence-electron chi connectivity index (χ4n) is 2.11. The van der Waals surface area contributed by atoms with Gasteiger partial charge in [-0.25, -0.2) is 9.97 Å². The summed E-state index contributed by atoms with van der Waals surface area (Å²) < 4.78 is 0. The number of hydrogen-bond acceptors (Lipinski definition) is 4. The fraction of sp³-hybridized carbons (Fsp3) is 0.583. The molecule has 2 rings (SSSR count). The largest absolute Gasteiger partial charge is 0.354 e. The number of amides is 1. The van der Waals surface area contributed by atoms with Crippen molar-refractivity contribution >= 4 is 11.9 Å². The molecule has 1 aromatic rings. The number of aromatic nitrogens is 2. The van der Waals surface area contributed by atoms with Gasteiger partial charge < -0.3 is 10.6 Å². The molecule has 1 aromatic heterocycles. The predicted molar refractivity (Wildman–Crippen MR) is 65.9 cm³/mol. The summed E-state index contributed by atoms with van der Waals surface area (Å²) in [6.45, 7) is 0. The van der Waals surface area contributed by atoms with Gasteiger partial charge in [-0.15, -0.1) is 0 Å². The lowest BCUT2D eigenvalue weighted by Crippen LogP contribution is -2.25. The molecule has 1 heterocycles. The highest BCUT2D eigenvalue weighted by molar-refractivity contribution is 5.92. The first-order valence-corrected chi connectivity index (χ1v) is 6.11. The average molecular weight is 234 g/mol. The standard InChI is InChI=1S/C12H18N4O/c1-13-11(17)10-7-8-14-12(16-10)15-9-5-3-2-4-6-9/h7-9H,2-6H2,1H3,(H,13,17)(H,14,15,16). The van der Waals surface area contributed by atoms with Crippen LogP contribution in [0.25, 0.3) is 0 Å². The van der Waals surface area contributed by atoms with Gasteiger partial charge >= 0.3 is 0 Å². The lowest BCUT2D eigenvalue weighted by molar-refractivity contribution is 0.0958. The predicted octanol–water partition coefficient (Wildman–Crippen LogP) is 1.58. The van der Waals surface area contributed by atoms with E-state index in [4.69, 9.17) is 0 Å². The van der Waals surface area contributed by atoms with E-state index >= 15 is 0 Å². The van der Waals surface area contributed by atoms with Crippen LogP contribution in [-0.4, -0.2) is 29.0 Å². The lowest BCUT2D eigenvalue weighted by atomic mass is 9.96. The second-order valence-electron chi connectivity index (χ2n) is 4.32. The van der Waals surface area contributed by atoms with Crippen LogP contribution in [0.2, 0.25) is 0 Å². The third-order valence-electron chi connectivity index (χ3n) is 3.05. The zero-order valence-corrected chi connectivity index (χ0v) is 10.1. The van der Waals surface area contributed by atoms with Gasteiger partial charge in [-0.1, -0.05) is 19.3 Å². The Morgan fingerprint density at radius 1 is 1.35 bits per heavy atom. The minimum absolute atomic E-state index is 0.181. The highest BCUT2D eigenvalue weighted by Crippen LogP contribution is 2.19. The molecule has 0 radical (unpaired) electrons. The zero-order valence-electron chi connectivity index (χ0n) is 10.1. The van der Waals surface area contributed by atoms with Crippen molar-refractivity contribution in [1.29, 1.82) is 0 Å². The highest BCUT2D eigenvalue weighted by atomic mass is 16.1. The second kappa shape index (κ2) is 5.61. The van der Waals surface area contributed by atoms with Gasteiger partial charge in [0.05, 0.1) is 0 Å². The van der Waals surface area contributed by atoms with E-state index in [0.717, 1.165) is 12.8 Å². The van der Waals surface area contributed by atoms with Crippen LogP contribution in [0.4, 0.5) is 5.95 Å². The maximum Gasteiger partial charge on any atom is 0.269 e. The molecule has 0 saturated heterocycles. The van der Waals surface area contributed by atoms with Crippen LogP contribution in [0.5, 0.6) is 0 Å². The summed E-state index contributed by atoms with van der Waals surface area (Å²) in [6, 6.07) is 2.06. The molecule has 0 bridgehead atoms. The molecular weight excluding hydrogens is 216 g/mol. The third-order valence-corrected chi connectivity index (χ3v) is 3.05. The average Bonchev–Trinajstić information content (AvgIpc) is 2.39. The van der Waals surface area contributed by atoms with Crippen LogP contribution in [0.3, 0.4) is 0 Å². The SMILES string of the molecule is CNC(=O)c1ccnc(NC2CCCCC2)n1. The number of nitrogens with one attached hydrogen (secondary N) is 2. The number of anilines is 1. The Hall–Kier alpha value is -1.65. The van der Waals surface area contributed by atoms with Crippen molar-refractivity contribution in [3.8, 4) is 0 Å². The summed E-state index contributed by atoms with van der Waals surface area (Å²) in [6.07, 6.45) is 7.76. The Bertz CT molecular complexity index is 388. The molecule has 5 nitrogen and oxygen atoms in total. The molecule has 5 heteroatoms. The quantitative estimate of drug-likeness (QED) is 0.833. The van der Waals surface area contributed by atoms with E-state index in [1.54, 1.807) is 19.3 Å². The van der Waals surface area contributed by atoms with E-state index in [2.05, 4.69) is 20.6 Å². The first-order chi connectivity index (χ1) is 8.29. The third kappa shape index (κ3) is 3.15. The molecule has 1 aliphatic carbocycles. The van der Waals surface area contributed by atoms with Gasteiger partial charge in [-0.05, 0) is 18.9 Å². The summed E-state index contributed by atoms with van der Waals surface area (Å²) in [7, 11) is 1.60. The number of hydrogen-bond donors (Lipinski definition) is 2. The Labute approximate surface area is 101 Å². The number of carbonyl (C=O) groups excluding carboxylic acids is 1. The van der Waals surface area contributed by atoms with Crippen molar-refractivity contribution in [2.45, 2.75) is 38.1 Å². The van der Waals surface area contributed by atoms with Gasteiger partial charge in [0.1, 0.15) is 5.69 Å². The Balaban J connectivity index is 2.02. The van der Waals surface area contributed by atoms with E-state index < -0.39 is 0 Å². The van der Waals surface area contributed by atoms with Crippen LogP contribution >= 0.6 is 0 Å². The molecule has 17 heavy (non-hydrogen) atoms. The van der Waals surface area contributed by atoms with E-state index in [0.29, 0.717) is 17.7 Å². The minimum Gasteiger partial charge on any atom is -0.354 e. The monoisotopic (exact) mass is 234 g/mol. The van der Waals surface area contributed by atoms with E-state index in [1.165, 1.54) is 19.3 Å². The van der Waals surface area contributed by atoms with Crippen LogP contribution in [0.15, 0.2) is 12.3 Å². The minimum atomic E-state index is -0.181. The summed E-state index contributed by atoms with van der Waals surface area (Å²) in [5.74, 6) is 0.372. The van der Waals surface area contributed by atoms with Crippen LogP contribution in [0.1, 0.15) is 42.6 Å². The molecule has 2 N–H and O–H groups in total. The lowest BCUT2D eigenvalue weighted by Gasteiger charge is -2.22. The molecule has 0 unspecified atom stereocenters. The number of carbonyl (C=O) groups is 1. The zero-order chi connectivity index (χ0) is 12.1. The van der Waals surface area contributed by atoms with E-state index in [-0.39, 0.29) is 5.91 Å². The van der Waals surface area contributed by atoms with Gasteiger partial charge in [0.2, 0.25) is 5.95 Å². The molecular formula is C12H18N4O. The first kappa shape index (κ1) is 11.8. The van der Waals surface area contributed by atoms with Gasteiger partial charge in [0, 0.05) is 19.3 Å². The van der Waals surface area contributed by atoms with Crippen molar-refractivity contribution in [3.63, 3.8) is 0 Å². The molecule has 1 amide bonds. The maximum atomic E-state index is 11.4. The van der Waals surface area contributed by atoms with Gasteiger partial charge in [-0.2, -0.15) is 0 Å². The fourth-order valence-corrected chi connectivity index (χ4v) is 2.11. The Morgan fingerprint density at radius 2 is 2.12 bits per heavy atom. The topological polar surface area (TPSA) is 66.9 Å².